The van der Waals surface area contributed by atoms with Crippen molar-refractivity contribution in [2.24, 2.45) is 0 Å². The van der Waals surface area contributed by atoms with Crippen LogP contribution < -0.4 is 10.1 Å². The number of likely N-dealkylation sites (tertiary alicyclic amines) is 1. The molecule has 0 bridgehead atoms. The molecule has 0 saturated carbocycles. The smallest absolute Gasteiger partial charge is 0.255 e. The van der Waals surface area contributed by atoms with Crippen molar-refractivity contribution in [3.05, 3.63) is 23.8 Å². The van der Waals surface area contributed by atoms with E-state index in [1.807, 2.05) is 0 Å². The highest BCUT2D eigenvalue weighted by Crippen LogP contribution is 2.26. The van der Waals surface area contributed by atoms with Crippen molar-refractivity contribution in [1.29, 1.82) is 0 Å². The van der Waals surface area contributed by atoms with Gasteiger partial charge in [-0.1, -0.05) is 6.42 Å². The molecular weight excluding hydrogens is 378 g/mol. The molecule has 2 saturated heterocycles. The van der Waals surface area contributed by atoms with Gasteiger partial charge in [0.15, 0.2) is 0 Å². The van der Waals surface area contributed by atoms with Gasteiger partial charge < -0.3 is 15.0 Å². The number of methoxy groups -OCH3 is 1. The maximum atomic E-state index is 12.8. The molecule has 0 atom stereocenters. The Balaban J connectivity index is 1.63. The van der Waals surface area contributed by atoms with E-state index in [2.05, 4.69) is 10.2 Å². The number of nitrogens with one attached hydrogen (secondary N) is 1. The van der Waals surface area contributed by atoms with E-state index in [1.165, 1.54) is 42.8 Å². The quantitative estimate of drug-likeness (QED) is 0.665. The first kappa shape index (κ1) is 21.1. The second-order valence-corrected chi connectivity index (χ2v) is 9.42. The van der Waals surface area contributed by atoms with Gasteiger partial charge in [0.1, 0.15) is 5.75 Å². The summed E-state index contributed by atoms with van der Waals surface area (Å²) >= 11 is 0. The predicted octanol–water partition coefficient (Wildman–Crippen LogP) is 2.09. The molecule has 2 aliphatic heterocycles. The molecule has 8 heteroatoms. The third-order valence-corrected chi connectivity index (χ3v) is 7.40. The van der Waals surface area contributed by atoms with Crippen molar-refractivity contribution in [3.63, 3.8) is 0 Å². The van der Waals surface area contributed by atoms with E-state index in [9.17, 15) is 13.2 Å². The molecule has 1 aromatic rings. The number of carbonyl (C=O) groups is 1. The van der Waals surface area contributed by atoms with Crippen molar-refractivity contribution in [2.45, 2.75) is 43.4 Å². The van der Waals surface area contributed by atoms with Crippen molar-refractivity contribution >= 4 is 15.9 Å². The molecule has 2 heterocycles. The lowest BCUT2D eigenvalue weighted by atomic mass is 10.1. The summed E-state index contributed by atoms with van der Waals surface area (Å²) < 4.78 is 32.3. The number of benzene rings is 1. The number of nitrogens with zero attached hydrogens (tertiary/aromatic N) is 2. The minimum atomic E-state index is -3.57. The lowest BCUT2D eigenvalue weighted by molar-refractivity contribution is 0.0948. The first-order valence-corrected chi connectivity index (χ1v) is 11.6. The SMILES string of the molecule is COc1ccc(S(=O)(=O)N2CCCC2)cc1C(=O)NCCCN1CCCCC1. The first-order valence-electron chi connectivity index (χ1n) is 10.2. The normalized spacial score (nSPS) is 18.9. The Hall–Kier alpha value is -1.64. The molecule has 0 radical (unpaired) electrons. The van der Waals surface area contributed by atoms with E-state index < -0.39 is 10.0 Å². The van der Waals surface area contributed by atoms with E-state index in [4.69, 9.17) is 4.74 Å². The molecule has 0 aliphatic carbocycles. The highest BCUT2D eigenvalue weighted by molar-refractivity contribution is 7.89. The monoisotopic (exact) mass is 409 g/mol. The van der Waals surface area contributed by atoms with Crippen LogP contribution in [0.5, 0.6) is 5.75 Å². The van der Waals surface area contributed by atoms with Gasteiger partial charge in [0, 0.05) is 19.6 Å². The van der Waals surface area contributed by atoms with Gasteiger partial charge in [-0.05, 0) is 69.9 Å². The van der Waals surface area contributed by atoms with E-state index in [1.54, 1.807) is 6.07 Å². The van der Waals surface area contributed by atoms with E-state index in [0.29, 0.717) is 25.4 Å². The summed E-state index contributed by atoms with van der Waals surface area (Å²) in [7, 11) is -2.09. The van der Waals surface area contributed by atoms with Gasteiger partial charge in [0.25, 0.3) is 5.91 Å². The highest BCUT2D eigenvalue weighted by atomic mass is 32.2. The van der Waals surface area contributed by atoms with Gasteiger partial charge in [-0.15, -0.1) is 0 Å². The van der Waals surface area contributed by atoms with E-state index >= 15 is 0 Å². The second-order valence-electron chi connectivity index (χ2n) is 7.49. The van der Waals surface area contributed by atoms with Gasteiger partial charge in [0.2, 0.25) is 10.0 Å². The van der Waals surface area contributed by atoms with Crippen LogP contribution in [0.3, 0.4) is 0 Å². The standard InChI is InChI=1S/C20H31N3O4S/c1-27-19-9-8-17(28(25,26)23-14-5-6-15-23)16-18(19)20(24)21-10-7-13-22-11-3-2-4-12-22/h8-9,16H,2-7,10-15H2,1H3,(H,21,24). The maximum absolute atomic E-state index is 12.8. The lowest BCUT2D eigenvalue weighted by Crippen LogP contribution is -2.33. The number of carbonyl (C=O) groups excluding carboxylic acids is 1. The molecule has 1 amide bonds. The third-order valence-electron chi connectivity index (χ3n) is 5.50. The van der Waals surface area contributed by atoms with E-state index in [0.717, 1.165) is 38.9 Å². The zero-order valence-electron chi connectivity index (χ0n) is 16.7. The van der Waals surface area contributed by atoms with E-state index in [-0.39, 0.29) is 16.4 Å². The fourth-order valence-electron chi connectivity index (χ4n) is 3.89. The number of hydrogen-bond acceptors (Lipinski definition) is 5. The molecule has 0 unspecified atom stereocenters. The van der Waals surface area contributed by atoms with Gasteiger partial charge in [-0.25, -0.2) is 8.42 Å². The van der Waals surface area contributed by atoms with Crippen LogP contribution in [0.4, 0.5) is 0 Å². The Morgan fingerprint density at radius 1 is 1.07 bits per heavy atom. The van der Waals surface area contributed by atoms with Crippen LogP contribution in [0.15, 0.2) is 23.1 Å². The Morgan fingerprint density at radius 3 is 2.43 bits per heavy atom. The van der Waals surface area contributed by atoms with Gasteiger partial charge in [-0.2, -0.15) is 4.31 Å². The van der Waals surface area contributed by atoms with Gasteiger partial charge in [0.05, 0.1) is 17.6 Å². The average molecular weight is 410 g/mol. The summed E-state index contributed by atoms with van der Waals surface area (Å²) in [6.07, 6.45) is 6.44. The topological polar surface area (TPSA) is 79.0 Å². The van der Waals surface area contributed by atoms with Crippen molar-refractivity contribution < 1.29 is 17.9 Å². The molecule has 28 heavy (non-hydrogen) atoms. The number of rotatable bonds is 8. The Labute approximate surface area is 168 Å². The maximum Gasteiger partial charge on any atom is 0.255 e. The summed E-state index contributed by atoms with van der Waals surface area (Å²) in [5, 5.41) is 2.91. The van der Waals surface area contributed by atoms with Crippen LogP contribution in [0.2, 0.25) is 0 Å². The van der Waals surface area contributed by atoms with Crippen LogP contribution in [0.1, 0.15) is 48.9 Å². The summed E-state index contributed by atoms with van der Waals surface area (Å²) in [6.45, 7) is 4.87. The Kier molecular flexibility index (Phi) is 7.31. The molecule has 156 valence electrons. The first-order chi connectivity index (χ1) is 13.5. The molecule has 1 N–H and O–H groups in total. The fourth-order valence-corrected chi connectivity index (χ4v) is 5.43. The van der Waals surface area contributed by atoms with Crippen molar-refractivity contribution in [1.82, 2.24) is 14.5 Å². The molecule has 1 aromatic carbocycles. The number of ether oxygens (including phenoxy) is 1. The summed E-state index contributed by atoms with van der Waals surface area (Å²) in [4.78, 5) is 15.2. The number of hydrogen-bond donors (Lipinski definition) is 1. The average Bonchev–Trinajstić information content (AvgIpc) is 3.27. The molecule has 2 fully saturated rings. The van der Waals surface area contributed by atoms with Crippen LogP contribution in [0.25, 0.3) is 0 Å². The summed E-state index contributed by atoms with van der Waals surface area (Å²) in [5.74, 6) is 0.0860. The highest BCUT2D eigenvalue weighted by Gasteiger charge is 2.28. The molecule has 0 spiro atoms. The minimum absolute atomic E-state index is 0.147. The number of piperidine rings is 1. The fraction of sp³-hybridized carbons (Fsp3) is 0.650. The Morgan fingerprint density at radius 2 is 1.75 bits per heavy atom. The van der Waals surface area contributed by atoms with Crippen LogP contribution in [0, 0.1) is 0 Å². The second kappa shape index (κ2) is 9.71. The lowest BCUT2D eigenvalue weighted by Gasteiger charge is -2.26. The zero-order valence-corrected chi connectivity index (χ0v) is 17.5. The number of sulfonamides is 1. The van der Waals surface area contributed by atoms with Crippen LogP contribution in [-0.4, -0.2) is 69.9 Å². The van der Waals surface area contributed by atoms with Gasteiger partial charge in [-0.3, -0.25) is 4.79 Å². The zero-order chi connectivity index (χ0) is 20.0. The molecule has 7 nitrogen and oxygen atoms in total. The Bertz CT molecular complexity index is 770. The summed E-state index contributed by atoms with van der Waals surface area (Å²) in [5.41, 5.74) is 0.265. The minimum Gasteiger partial charge on any atom is -0.496 e. The molecule has 0 aromatic heterocycles. The molecular formula is C20H31N3O4S. The van der Waals surface area contributed by atoms with Crippen molar-refractivity contribution in [3.8, 4) is 5.75 Å². The largest absolute Gasteiger partial charge is 0.496 e. The van der Waals surface area contributed by atoms with Gasteiger partial charge >= 0.3 is 0 Å². The van der Waals surface area contributed by atoms with Crippen LogP contribution >= 0.6 is 0 Å². The van der Waals surface area contributed by atoms with Crippen molar-refractivity contribution in [2.75, 3.05) is 46.4 Å². The molecule has 3 rings (SSSR count). The summed E-state index contributed by atoms with van der Waals surface area (Å²) in [6, 6.07) is 4.51. The third kappa shape index (κ3) is 5.04. The van der Waals surface area contributed by atoms with Crippen LogP contribution in [-0.2, 0) is 10.0 Å². The predicted molar refractivity (Wildman–Crippen MR) is 108 cm³/mol. The molecule has 2 aliphatic rings. The number of amides is 1.